The quantitative estimate of drug-likeness (QED) is 0.0200. The van der Waals surface area contributed by atoms with Crippen LogP contribution in [0.1, 0.15) is 75.6 Å². The number of aryl methyl sites for hydroxylation is 2. The molecule has 2 fully saturated rings. The maximum atomic E-state index is 14.8. The Morgan fingerprint density at radius 1 is 0.635 bits per heavy atom. The number of carbonyl (C=O) groups is 3. The molecule has 4 aliphatic heterocycles. The molecule has 0 radical (unpaired) electrons. The summed E-state index contributed by atoms with van der Waals surface area (Å²) < 4.78 is 78.6. The minimum absolute atomic E-state index is 0.0239. The molecule has 8 rings (SSSR count). The molecule has 0 N–H and O–H groups in total. The van der Waals surface area contributed by atoms with Crippen molar-refractivity contribution in [3.05, 3.63) is 107 Å². The zero-order chi connectivity index (χ0) is 44.4. The summed E-state index contributed by atoms with van der Waals surface area (Å²) in [6, 6.07) is 18.9. The Labute approximate surface area is 362 Å². The van der Waals surface area contributed by atoms with E-state index in [9.17, 15) is 23.2 Å². The number of halogens is 2. The van der Waals surface area contributed by atoms with Crippen molar-refractivity contribution in [2.24, 2.45) is 0 Å². The Bertz CT molecular complexity index is 2360. The number of esters is 1. The molecule has 4 heterocycles. The van der Waals surface area contributed by atoms with Crippen LogP contribution in [-0.2, 0) is 52.3 Å². The molecule has 1 spiro atoms. The number of epoxide rings is 2. The van der Waals surface area contributed by atoms with Crippen LogP contribution in [0, 0.1) is 11.6 Å². The Kier molecular flexibility index (Phi) is 12.5. The second-order valence-corrected chi connectivity index (χ2v) is 17.3. The predicted molar refractivity (Wildman–Crippen MR) is 217 cm³/mol. The lowest BCUT2D eigenvalue weighted by Crippen LogP contribution is -2.55. The van der Waals surface area contributed by atoms with Crippen LogP contribution >= 0.6 is 0 Å². The van der Waals surface area contributed by atoms with Gasteiger partial charge in [0.25, 0.3) is 5.79 Å². The van der Waals surface area contributed by atoms with Crippen molar-refractivity contribution in [2.45, 2.75) is 95.0 Å². The topological polar surface area (TPSA) is 159 Å². The van der Waals surface area contributed by atoms with Gasteiger partial charge in [0, 0.05) is 59.1 Å². The van der Waals surface area contributed by atoms with Gasteiger partial charge in [-0.25, -0.2) is 18.4 Å². The van der Waals surface area contributed by atoms with Crippen LogP contribution in [0.5, 0.6) is 34.5 Å². The summed E-state index contributed by atoms with van der Waals surface area (Å²) in [6.45, 7) is 9.83. The fourth-order valence-electron chi connectivity index (χ4n) is 7.91. The SMILES string of the molecule is CC1(C)CC2(CC(C)(C)c3ccc(OC(=O)CCc4ccc(OC(=O)OCC5CO5)cc4F)cc3O2)Oc2cc(OOCCCc3ccc(OC(=O)OCC4CO4)cc3F)ccc21. The summed E-state index contributed by atoms with van der Waals surface area (Å²) in [7, 11) is 0. The van der Waals surface area contributed by atoms with Crippen LogP contribution in [0.3, 0.4) is 0 Å². The molecule has 334 valence electrons. The zero-order valence-corrected chi connectivity index (χ0v) is 35.3. The Morgan fingerprint density at radius 2 is 1.11 bits per heavy atom. The molecule has 0 aromatic heterocycles. The Morgan fingerprint density at radius 3 is 1.63 bits per heavy atom. The molecule has 4 aliphatic rings. The van der Waals surface area contributed by atoms with Gasteiger partial charge in [-0.2, -0.15) is 4.89 Å². The molecular formula is C47H48F2O14. The van der Waals surface area contributed by atoms with Crippen molar-refractivity contribution in [1.29, 1.82) is 0 Å². The van der Waals surface area contributed by atoms with Gasteiger partial charge >= 0.3 is 18.3 Å². The molecule has 0 amide bonds. The van der Waals surface area contributed by atoms with Crippen molar-refractivity contribution >= 4 is 18.3 Å². The fraction of sp³-hybridized carbons (Fsp3) is 0.426. The van der Waals surface area contributed by atoms with Crippen molar-refractivity contribution in [1.82, 2.24) is 0 Å². The van der Waals surface area contributed by atoms with E-state index in [0.717, 1.165) is 23.3 Å². The maximum absolute atomic E-state index is 14.8. The minimum atomic E-state index is -1.08. The van der Waals surface area contributed by atoms with Crippen molar-refractivity contribution in [3.63, 3.8) is 0 Å². The van der Waals surface area contributed by atoms with Gasteiger partial charge in [-0.1, -0.05) is 52.0 Å². The highest BCUT2D eigenvalue weighted by atomic mass is 19.1. The summed E-state index contributed by atoms with van der Waals surface area (Å²) in [5.74, 6) is -1.05. The highest BCUT2D eigenvalue weighted by molar-refractivity contribution is 5.73. The lowest BCUT2D eigenvalue weighted by molar-refractivity contribution is -0.207. The molecule has 0 saturated carbocycles. The first kappa shape index (κ1) is 43.7. The lowest BCUT2D eigenvalue weighted by Gasteiger charge is -2.51. The van der Waals surface area contributed by atoms with Crippen LogP contribution in [0.15, 0.2) is 72.8 Å². The first-order chi connectivity index (χ1) is 30.1. The maximum Gasteiger partial charge on any atom is 0.513 e. The summed E-state index contributed by atoms with van der Waals surface area (Å²) in [5, 5.41) is 0. The van der Waals surface area contributed by atoms with Crippen LogP contribution in [0.25, 0.3) is 0 Å². The number of carbonyl (C=O) groups excluding carboxylic acids is 3. The first-order valence-corrected chi connectivity index (χ1v) is 20.8. The molecule has 4 aromatic rings. The van der Waals surface area contributed by atoms with E-state index in [1.807, 2.05) is 12.1 Å². The van der Waals surface area contributed by atoms with E-state index >= 15 is 0 Å². The summed E-state index contributed by atoms with van der Waals surface area (Å²) in [5.41, 5.74) is 1.77. The number of ether oxygens (including phenoxy) is 9. The van der Waals surface area contributed by atoms with Gasteiger partial charge in [0.1, 0.15) is 65.8 Å². The van der Waals surface area contributed by atoms with Gasteiger partial charge in [-0.15, -0.1) is 0 Å². The van der Waals surface area contributed by atoms with Gasteiger partial charge in [-0.3, -0.25) is 4.79 Å². The van der Waals surface area contributed by atoms with E-state index in [0.29, 0.717) is 61.7 Å². The molecule has 4 aromatic carbocycles. The van der Waals surface area contributed by atoms with Crippen LogP contribution < -0.4 is 28.6 Å². The number of hydrogen-bond acceptors (Lipinski definition) is 14. The molecule has 0 aliphatic carbocycles. The second kappa shape index (κ2) is 18.0. The third-order valence-electron chi connectivity index (χ3n) is 11.1. The normalized spacial score (nSPS) is 20.8. The summed E-state index contributed by atoms with van der Waals surface area (Å²) in [6.07, 6.45) is -0.345. The Balaban J connectivity index is 0.843. The monoisotopic (exact) mass is 874 g/mol. The molecular weight excluding hydrogens is 826 g/mol. The number of hydrogen-bond donors (Lipinski definition) is 0. The number of benzene rings is 4. The third-order valence-corrected chi connectivity index (χ3v) is 11.1. The zero-order valence-electron chi connectivity index (χ0n) is 35.3. The average Bonchev–Trinajstić information content (AvgIpc) is 4.15. The number of fused-ring (bicyclic) bond motifs is 2. The predicted octanol–water partition coefficient (Wildman–Crippen LogP) is 8.79. The second-order valence-electron chi connectivity index (χ2n) is 17.3. The third kappa shape index (κ3) is 11.2. The summed E-state index contributed by atoms with van der Waals surface area (Å²) >= 11 is 0. The van der Waals surface area contributed by atoms with E-state index in [1.54, 1.807) is 30.3 Å². The van der Waals surface area contributed by atoms with E-state index in [4.69, 9.17) is 52.4 Å². The standard InChI is InChI=1S/C47H48F2O14/c1-45(2)26-47(61-40-20-32(12-14-36(40)45)58-42(50)16-9-29-8-11-31(19-39(29)49)60-44(52)56-25-35-23-54-35)27-46(3,4)37-15-13-33(21-41(37)62-47)63-57-17-5-6-28-7-10-30(18-38(28)48)59-43(51)55-24-34-22-53-34/h7-8,10-15,18-21,34-35H,5-6,9,16-17,22-27H2,1-4H3. The van der Waals surface area contributed by atoms with Gasteiger partial charge in [0.2, 0.25) is 0 Å². The van der Waals surface area contributed by atoms with Crippen LogP contribution in [0.2, 0.25) is 0 Å². The number of rotatable bonds is 16. The lowest BCUT2D eigenvalue weighted by atomic mass is 9.69. The molecule has 3 atom stereocenters. The molecule has 0 bridgehead atoms. The molecule has 16 heteroatoms. The van der Waals surface area contributed by atoms with Gasteiger partial charge in [0.05, 0.1) is 26.2 Å². The van der Waals surface area contributed by atoms with Gasteiger partial charge in [0.15, 0.2) is 5.75 Å². The molecule has 2 saturated heterocycles. The van der Waals surface area contributed by atoms with Gasteiger partial charge in [-0.05, 0) is 54.7 Å². The first-order valence-electron chi connectivity index (χ1n) is 20.8. The largest absolute Gasteiger partial charge is 0.513 e. The summed E-state index contributed by atoms with van der Waals surface area (Å²) in [4.78, 5) is 47.8. The van der Waals surface area contributed by atoms with E-state index in [1.165, 1.54) is 18.2 Å². The van der Waals surface area contributed by atoms with Gasteiger partial charge < -0.3 is 47.5 Å². The van der Waals surface area contributed by atoms with Crippen molar-refractivity contribution in [3.8, 4) is 34.5 Å². The minimum Gasteiger partial charge on any atom is -0.452 e. The van der Waals surface area contributed by atoms with Crippen LogP contribution in [0.4, 0.5) is 18.4 Å². The van der Waals surface area contributed by atoms with Crippen molar-refractivity contribution < 1.29 is 75.6 Å². The molecule has 63 heavy (non-hydrogen) atoms. The smallest absolute Gasteiger partial charge is 0.452 e. The van der Waals surface area contributed by atoms with E-state index in [-0.39, 0.29) is 73.1 Å². The average molecular weight is 875 g/mol. The van der Waals surface area contributed by atoms with E-state index in [2.05, 4.69) is 27.7 Å². The van der Waals surface area contributed by atoms with Crippen molar-refractivity contribution in [2.75, 3.05) is 33.0 Å². The van der Waals surface area contributed by atoms with E-state index < -0.39 is 41.1 Å². The van der Waals surface area contributed by atoms with Crippen LogP contribution in [-0.4, -0.2) is 69.3 Å². The highest BCUT2D eigenvalue weighted by Gasteiger charge is 2.53. The highest BCUT2D eigenvalue weighted by Crippen LogP contribution is 2.54. The molecule has 3 unspecified atom stereocenters. The fourth-order valence-corrected chi connectivity index (χ4v) is 7.91. The molecule has 14 nitrogen and oxygen atoms in total. The Hall–Kier alpha value is -5.97.